The van der Waals surface area contributed by atoms with Crippen molar-refractivity contribution in [1.29, 1.82) is 0 Å². The largest absolute Gasteiger partial charge is 0.406 e. The van der Waals surface area contributed by atoms with E-state index in [2.05, 4.69) is 4.90 Å². The Bertz CT molecular complexity index is 403. The van der Waals surface area contributed by atoms with Gasteiger partial charge in [0.1, 0.15) is 6.54 Å². The Balaban J connectivity index is 1.66. The minimum Gasteiger partial charge on any atom is -0.332 e. The zero-order chi connectivity index (χ0) is 15.7. The van der Waals surface area contributed by atoms with Crippen molar-refractivity contribution in [3.05, 3.63) is 0 Å². The molecule has 1 amide bonds. The van der Waals surface area contributed by atoms with Crippen molar-refractivity contribution in [1.82, 2.24) is 9.80 Å². The Hall–Kier alpha value is -0.780. The predicted molar refractivity (Wildman–Crippen MR) is 77.3 cm³/mol. The maximum Gasteiger partial charge on any atom is 0.406 e. The number of amides is 1. The molecule has 1 unspecified atom stereocenters. The van der Waals surface area contributed by atoms with Gasteiger partial charge in [0.15, 0.2) is 0 Å². The van der Waals surface area contributed by atoms with Crippen LogP contribution in [0.5, 0.6) is 0 Å². The summed E-state index contributed by atoms with van der Waals surface area (Å²) < 4.78 is 37.7. The van der Waals surface area contributed by atoms with Crippen molar-refractivity contribution in [3.63, 3.8) is 0 Å². The molecule has 0 bridgehead atoms. The van der Waals surface area contributed by atoms with Crippen molar-refractivity contribution in [2.75, 3.05) is 19.6 Å². The van der Waals surface area contributed by atoms with Crippen LogP contribution in [0.4, 0.5) is 13.2 Å². The predicted octanol–water partition coefficient (Wildman–Crippen LogP) is 3.19. The fourth-order valence-corrected chi connectivity index (χ4v) is 3.95. The standard InChI is InChI=1S/C16H25F3N2O/c17-16(18,19)11-20-9-8-14(15(20)22)21(10-12-6-7-12)13-4-2-1-3-5-13/h12-14H,1-11H2. The van der Waals surface area contributed by atoms with Gasteiger partial charge in [-0.3, -0.25) is 9.69 Å². The van der Waals surface area contributed by atoms with E-state index in [0.717, 1.165) is 24.3 Å². The van der Waals surface area contributed by atoms with Crippen LogP contribution in [-0.4, -0.2) is 53.6 Å². The van der Waals surface area contributed by atoms with Crippen molar-refractivity contribution in [3.8, 4) is 0 Å². The third kappa shape index (κ3) is 3.94. The van der Waals surface area contributed by atoms with Gasteiger partial charge in [0.2, 0.25) is 5.91 Å². The first kappa shape index (κ1) is 16.1. The molecular formula is C16H25F3N2O. The van der Waals surface area contributed by atoms with E-state index in [0.29, 0.717) is 18.4 Å². The molecular weight excluding hydrogens is 293 g/mol. The van der Waals surface area contributed by atoms with Crippen LogP contribution in [0.25, 0.3) is 0 Å². The van der Waals surface area contributed by atoms with Crippen LogP contribution in [0.15, 0.2) is 0 Å². The molecule has 6 heteroatoms. The fourth-order valence-electron chi connectivity index (χ4n) is 3.95. The smallest absolute Gasteiger partial charge is 0.332 e. The highest BCUT2D eigenvalue weighted by molar-refractivity contribution is 5.84. The zero-order valence-electron chi connectivity index (χ0n) is 12.9. The first-order valence-electron chi connectivity index (χ1n) is 8.55. The molecule has 3 aliphatic rings. The average Bonchev–Trinajstić information content (AvgIpc) is 3.22. The van der Waals surface area contributed by atoms with Crippen molar-refractivity contribution >= 4 is 5.91 Å². The summed E-state index contributed by atoms with van der Waals surface area (Å²) in [4.78, 5) is 15.7. The highest BCUT2D eigenvalue weighted by Gasteiger charge is 2.44. The molecule has 3 fully saturated rings. The number of hydrogen-bond donors (Lipinski definition) is 0. The van der Waals surface area contributed by atoms with Crippen molar-refractivity contribution in [2.45, 2.75) is 69.6 Å². The molecule has 22 heavy (non-hydrogen) atoms. The summed E-state index contributed by atoms with van der Waals surface area (Å²) in [6.45, 7) is 0.0576. The van der Waals surface area contributed by atoms with E-state index < -0.39 is 12.7 Å². The van der Waals surface area contributed by atoms with E-state index in [1.165, 1.54) is 32.1 Å². The van der Waals surface area contributed by atoms with Gasteiger partial charge >= 0.3 is 6.18 Å². The molecule has 126 valence electrons. The number of nitrogens with zero attached hydrogens (tertiary/aromatic N) is 2. The quantitative estimate of drug-likeness (QED) is 0.777. The van der Waals surface area contributed by atoms with Gasteiger partial charge in [-0.05, 0) is 38.0 Å². The van der Waals surface area contributed by atoms with E-state index in [-0.39, 0.29) is 18.5 Å². The number of rotatable bonds is 5. The monoisotopic (exact) mass is 318 g/mol. The van der Waals surface area contributed by atoms with Crippen LogP contribution >= 0.6 is 0 Å². The molecule has 1 heterocycles. The average molecular weight is 318 g/mol. The molecule has 2 saturated carbocycles. The summed E-state index contributed by atoms with van der Waals surface area (Å²) in [7, 11) is 0. The van der Waals surface area contributed by atoms with Crippen LogP contribution in [0, 0.1) is 5.92 Å². The van der Waals surface area contributed by atoms with E-state index in [4.69, 9.17) is 0 Å². The molecule has 0 aromatic heterocycles. The minimum atomic E-state index is -4.29. The van der Waals surface area contributed by atoms with Crippen LogP contribution in [-0.2, 0) is 4.79 Å². The maximum atomic E-state index is 12.6. The number of carbonyl (C=O) groups is 1. The number of alkyl halides is 3. The van der Waals surface area contributed by atoms with Gasteiger partial charge in [-0.25, -0.2) is 0 Å². The highest BCUT2D eigenvalue weighted by Crippen LogP contribution is 2.35. The van der Waals surface area contributed by atoms with Crippen LogP contribution < -0.4 is 0 Å². The summed E-state index contributed by atoms with van der Waals surface area (Å²) in [5.74, 6) is 0.356. The van der Waals surface area contributed by atoms with Crippen molar-refractivity contribution in [2.24, 2.45) is 5.92 Å². The van der Waals surface area contributed by atoms with Gasteiger partial charge in [-0.15, -0.1) is 0 Å². The van der Waals surface area contributed by atoms with E-state index in [1.54, 1.807) is 0 Å². The molecule has 0 spiro atoms. The number of likely N-dealkylation sites (tertiary alicyclic amines) is 1. The molecule has 0 aromatic rings. The topological polar surface area (TPSA) is 23.6 Å². The van der Waals surface area contributed by atoms with Crippen molar-refractivity contribution < 1.29 is 18.0 Å². The third-order valence-corrected chi connectivity index (χ3v) is 5.25. The lowest BCUT2D eigenvalue weighted by atomic mass is 9.92. The highest BCUT2D eigenvalue weighted by atomic mass is 19.4. The zero-order valence-corrected chi connectivity index (χ0v) is 12.9. The van der Waals surface area contributed by atoms with Crippen LogP contribution in [0.3, 0.4) is 0 Å². The molecule has 2 aliphatic carbocycles. The maximum absolute atomic E-state index is 12.6. The second-order valence-corrected chi connectivity index (χ2v) is 7.11. The summed E-state index contributed by atoms with van der Waals surface area (Å²) in [6.07, 6.45) is 4.46. The molecule has 3 rings (SSSR count). The Kier molecular flexibility index (Phi) is 4.67. The van der Waals surface area contributed by atoms with E-state index in [9.17, 15) is 18.0 Å². The van der Waals surface area contributed by atoms with Gasteiger partial charge in [-0.1, -0.05) is 19.3 Å². The Labute approximate surface area is 129 Å². The lowest BCUT2D eigenvalue weighted by molar-refractivity contribution is -0.159. The van der Waals surface area contributed by atoms with Gasteiger partial charge in [-0.2, -0.15) is 13.2 Å². The summed E-state index contributed by atoms with van der Waals surface area (Å²) in [5.41, 5.74) is 0. The molecule has 3 nitrogen and oxygen atoms in total. The first-order chi connectivity index (χ1) is 10.4. The van der Waals surface area contributed by atoms with Gasteiger partial charge < -0.3 is 4.90 Å². The Morgan fingerprint density at radius 2 is 1.73 bits per heavy atom. The Morgan fingerprint density at radius 1 is 1.05 bits per heavy atom. The number of carbonyl (C=O) groups excluding carboxylic acids is 1. The van der Waals surface area contributed by atoms with Crippen LogP contribution in [0.2, 0.25) is 0 Å². The third-order valence-electron chi connectivity index (χ3n) is 5.25. The summed E-state index contributed by atoms with van der Waals surface area (Å²) in [5, 5.41) is 0. The molecule has 1 atom stereocenters. The summed E-state index contributed by atoms with van der Waals surface area (Å²) >= 11 is 0. The summed E-state index contributed by atoms with van der Waals surface area (Å²) in [6, 6.07) is 0.0835. The van der Waals surface area contributed by atoms with Crippen LogP contribution in [0.1, 0.15) is 51.4 Å². The van der Waals surface area contributed by atoms with E-state index in [1.807, 2.05) is 0 Å². The lowest BCUT2D eigenvalue weighted by Gasteiger charge is -2.38. The van der Waals surface area contributed by atoms with Gasteiger partial charge in [0.25, 0.3) is 0 Å². The number of halogens is 3. The number of hydrogen-bond acceptors (Lipinski definition) is 2. The van der Waals surface area contributed by atoms with Gasteiger partial charge in [0, 0.05) is 19.1 Å². The van der Waals surface area contributed by atoms with Gasteiger partial charge in [0.05, 0.1) is 6.04 Å². The molecule has 0 radical (unpaired) electrons. The second kappa shape index (κ2) is 6.38. The van der Waals surface area contributed by atoms with E-state index >= 15 is 0 Å². The molecule has 1 aliphatic heterocycles. The molecule has 1 saturated heterocycles. The molecule has 0 aromatic carbocycles. The fraction of sp³-hybridized carbons (Fsp3) is 0.938. The normalized spacial score (nSPS) is 27.9. The molecule has 0 N–H and O–H groups in total. The SMILES string of the molecule is O=C1C(N(CC2CC2)C2CCCCC2)CCN1CC(F)(F)F. The first-order valence-corrected chi connectivity index (χ1v) is 8.55. The Morgan fingerprint density at radius 3 is 2.32 bits per heavy atom. The lowest BCUT2D eigenvalue weighted by Crippen LogP contribution is -2.49. The minimum absolute atomic E-state index is 0.247. The second-order valence-electron chi connectivity index (χ2n) is 7.11.